The first kappa shape index (κ1) is 27.1. The van der Waals surface area contributed by atoms with Crippen molar-refractivity contribution in [1.29, 1.82) is 0 Å². The first-order valence-electron chi connectivity index (χ1n) is 12.6. The lowest BCUT2D eigenvalue weighted by Gasteiger charge is -2.29. The molecule has 2 aliphatic rings. The van der Waals surface area contributed by atoms with Crippen molar-refractivity contribution in [2.45, 2.75) is 58.2 Å². The lowest BCUT2D eigenvalue weighted by atomic mass is 10.1. The van der Waals surface area contributed by atoms with Crippen molar-refractivity contribution >= 4 is 21.9 Å². The minimum absolute atomic E-state index is 0. The Morgan fingerprint density at radius 1 is 1.21 bits per heavy atom. The molecule has 6 rings (SSSR count). The Morgan fingerprint density at radius 2 is 2.03 bits per heavy atom. The van der Waals surface area contributed by atoms with Gasteiger partial charge < -0.3 is 9.84 Å². The van der Waals surface area contributed by atoms with Gasteiger partial charge in [-0.1, -0.05) is 40.7 Å². The Morgan fingerprint density at radius 3 is 2.77 bits per heavy atom. The standard InChI is InChI=1S/C28H29BrN6O3.CH4/c1-28(2)16-34(14-18-10-19(29)7-8-25(18)38-28)13-17-5-4-6-20(9-17)35-26(23(12-30-35)27(36)37)22-11-21(22)24-15-33(3)32-31-24;/h4-10,12,15,21-22H,11,13-14,16H2,1-3H3,(H,36,37);1H4/t21-,22-;/m1./s1. The summed E-state index contributed by atoms with van der Waals surface area (Å²) in [7, 11) is 1.83. The van der Waals surface area contributed by atoms with Crippen molar-refractivity contribution in [3.63, 3.8) is 0 Å². The van der Waals surface area contributed by atoms with Gasteiger partial charge >= 0.3 is 5.97 Å². The summed E-state index contributed by atoms with van der Waals surface area (Å²) in [4.78, 5) is 14.5. The fourth-order valence-corrected chi connectivity index (χ4v) is 5.95. The van der Waals surface area contributed by atoms with Crippen LogP contribution in [0, 0.1) is 0 Å². The Hall–Kier alpha value is -3.50. The van der Waals surface area contributed by atoms with Gasteiger partial charge in [0.2, 0.25) is 0 Å². The smallest absolute Gasteiger partial charge is 0.339 e. The molecule has 3 heterocycles. The van der Waals surface area contributed by atoms with Crippen LogP contribution in [0.15, 0.2) is 59.3 Å². The average Bonchev–Trinajstić information content (AvgIpc) is 3.34. The molecule has 0 bridgehead atoms. The molecule has 2 aromatic carbocycles. The molecule has 0 amide bonds. The van der Waals surface area contributed by atoms with Crippen molar-refractivity contribution in [2.75, 3.05) is 6.54 Å². The second-order valence-electron chi connectivity index (χ2n) is 10.9. The van der Waals surface area contributed by atoms with E-state index >= 15 is 0 Å². The van der Waals surface area contributed by atoms with E-state index in [1.807, 2.05) is 37.5 Å². The largest absolute Gasteiger partial charge is 0.486 e. The lowest BCUT2D eigenvalue weighted by molar-refractivity contribution is 0.0680. The molecule has 2 atom stereocenters. The van der Waals surface area contributed by atoms with Gasteiger partial charge in [0.25, 0.3) is 0 Å². The molecule has 1 fully saturated rings. The van der Waals surface area contributed by atoms with Gasteiger partial charge in [-0.3, -0.25) is 9.58 Å². The maximum absolute atomic E-state index is 12.1. The number of carbonyl (C=O) groups is 1. The number of aromatic carboxylic acids is 1. The molecule has 2 aromatic heterocycles. The van der Waals surface area contributed by atoms with Crippen LogP contribution in [-0.2, 0) is 20.1 Å². The highest BCUT2D eigenvalue weighted by molar-refractivity contribution is 9.10. The molecule has 1 saturated carbocycles. The first-order chi connectivity index (χ1) is 18.2. The predicted octanol–water partition coefficient (Wildman–Crippen LogP) is 5.54. The molecule has 1 N–H and O–H groups in total. The van der Waals surface area contributed by atoms with E-state index in [0.29, 0.717) is 5.69 Å². The monoisotopic (exact) mass is 592 g/mol. The van der Waals surface area contributed by atoms with E-state index in [-0.39, 0.29) is 30.4 Å². The summed E-state index contributed by atoms with van der Waals surface area (Å²) in [6, 6.07) is 14.3. The third-order valence-corrected chi connectivity index (χ3v) is 7.64. The van der Waals surface area contributed by atoms with Gasteiger partial charge in [0.1, 0.15) is 16.9 Å². The number of benzene rings is 2. The predicted molar refractivity (Wildman–Crippen MR) is 151 cm³/mol. The van der Waals surface area contributed by atoms with Crippen LogP contribution >= 0.6 is 15.9 Å². The van der Waals surface area contributed by atoms with E-state index in [0.717, 1.165) is 58.8 Å². The van der Waals surface area contributed by atoms with Crippen molar-refractivity contribution < 1.29 is 14.6 Å². The minimum atomic E-state index is -0.969. The highest BCUT2D eigenvalue weighted by Crippen LogP contribution is 2.55. The van der Waals surface area contributed by atoms with Crippen LogP contribution in [0.4, 0.5) is 0 Å². The third-order valence-electron chi connectivity index (χ3n) is 7.15. The zero-order chi connectivity index (χ0) is 26.6. The van der Waals surface area contributed by atoms with E-state index in [1.54, 1.807) is 9.36 Å². The second-order valence-corrected chi connectivity index (χ2v) is 11.8. The van der Waals surface area contributed by atoms with Crippen molar-refractivity contribution in [1.82, 2.24) is 29.7 Å². The van der Waals surface area contributed by atoms with E-state index in [4.69, 9.17) is 4.74 Å². The van der Waals surface area contributed by atoms with Crippen LogP contribution in [0.1, 0.15) is 72.4 Å². The fraction of sp³-hybridized carbons (Fsp3) is 0.379. The van der Waals surface area contributed by atoms with E-state index in [2.05, 4.69) is 68.3 Å². The van der Waals surface area contributed by atoms with Crippen molar-refractivity contribution in [3.8, 4) is 11.4 Å². The molecular weight excluding hydrogens is 560 g/mol. The highest BCUT2D eigenvalue weighted by atomic mass is 79.9. The van der Waals surface area contributed by atoms with Crippen LogP contribution in [0.3, 0.4) is 0 Å². The molecule has 0 spiro atoms. The number of carboxylic acid groups (broad SMARTS) is 1. The van der Waals surface area contributed by atoms with Gasteiger partial charge in [0.05, 0.1) is 23.3 Å². The van der Waals surface area contributed by atoms with Crippen LogP contribution in [-0.4, -0.2) is 52.9 Å². The van der Waals surface area contributed by atoms with Crippen LogP contribution in [0.25, 0.3) is 5.69 Å². The normalized spacial score (nSPS) is 19.9. The number of ether oxygens (including phenoxy) is 1. The van der Waals surface area contributed by atoms with Gasteiger partial charge in [-0.05, 0) is 56.2 Å². The van der Waals surface area contributed by atoms with Gasteiger partial charge in [-0.2, -0.15) is 5.10 Å². The molecule has 9 nitrogen and oxygen atoms in total. The van der Waals surface area contributed by atoms with Crippen LogP contribution in [0.5, 0.6) is 5.75 Å². The summed E-state index contributed by atoms with van der Waals surface area (Å²) >= 11 is 3.59. The third kappa shape index (κ3) is 5.49. The van der Waals surface area contributed by atoms with E-state index < -0.39 is 5.97 Å². The highest BCUT2D eigenvalue weighted by Gasteiger charge is 2.46. The molecule has 39 heavy (non-hydrogen) atoms. The fourth-order valence-electron chi connectivity index (χ4n) is 5.54. The quantitative estimate of drug-likeness (QED) is 0.314. The Bertz CT molecular complexity index is 1530. The summed E-state index contributed by atoms with van der Waals surface area (Å²) in [6.07, 6.45) is 4.18. The number of nitrogens with zero attached hydrogens (tertiary/aromatic N) is 6. The summed E-state index contributed by atoms with van der Waals surface area (Å²) in [5, 5.41) is 22.7. The maximum atomic E-state index is 12.1. The second kappa shape index (κ2) is 10.2. The van der Waals surface area contributed by atoms with Gasteiger partial charge in [-0.25, -0.2) is 9.48 Å². The molecule has 0 radical (unpaired) electrons. The average molecular weight is 594 g/mol. The number of carboxylic acids is 1. The summed E-state index contributed by atoms with van der Waals surface area (Å²) in [5.41, 5.74) is 4.61. The minimum Gasteiger partial charge on any atom is -0.486 e. The Labute approximate surface area is 236 Å². The molecular formula is C29H33BrN6O3. The Kier molecular flexibility index (Phi) is 7.11. The topological polar surface area (TPSA) is 98.3 Å². The number of fused-ring (bicyclic) bond motifs is 1. The molecule has 1 aliphatic heterocycles. The first-order valence-corrected chi connectivity index (χ1v) is 13.4. The van der Waals surface area contributed by atoms with E-state index in [9.17, 15) is 9.90 Å². The lowest BCUT2D eigenvalue weighted by Crippen LogP contribution is -2.40. The maximum Gasteiger partial charge on any atom is 0.339 e. The SMILES string of the molecule is C.Cn1cc([C@@H]2C[C@H]2c2c(C(=O)O)cnn2-c2cccc(CN3Cc4cc(Br)ccc4OC(C)(C)C3)c2)nn1. The van der Waals surface area contributed by atoms with Crippen molar-refractivity contribution in [3.05, 3.63) is 87.4 Å². The number of aromatic nitrogens is 5. The molecule has 4 aromatic rings. The van der Waals surface area contributed by atoms with Crippen LogP contribution in [0.2, 0.25) is 0 Å². The number of aryl methyl sites for hydroxylation is 1. The van der Waals surface area contributed by atoms with Crippen LogP contribution < -0.4 is 4.74 Å². The summed E-state index contributed by atoms with van der Waals surface area (Å²) in [6.45, 7) is 6.48. The summed E-state index contributed by atoms with van der Waals surface area (Å²) < 4.78 is 10.8. The molecule has 0 unspecified atom stereocenters. The molecule has 1 aliphatic carbocycles. The molecule has 204 valence electrons. The number of hydrogen-bond acceptors (Lipinski definition) is 6. The zero-order valence-electron chi connectivity index (χ0n) is 21.5. The number of hydrogen-bond donors (Lipinski definition) is 1. The number of halogens is 1. The zero-order valence-corrected chi connectivity index (χ0v) is 23.1. The Balaban J connectivity index is 0.00000308. The van der Waals surface area contributed by atoms with E-state index in [1.165, 1.54) is 6.20 Å². The molecule has 0 saturated heterocycles. The van der Waals surface area contributed by atoms with Gasteiger partial charge in [0, 0.05) is 54.8 Å². The number of rotatable bonds is 6. The van der Waals surface area contributed by atoms with Gasteiger partial charge in [0.15, 0.2) is 0 Å². The van der Waals surface area contributed by atoms with Gasteiger partial charge in [-0.15, -0.1) is 5.10 Å². The summed E-state index contributed by atoms with van der Waals surface area (Å²) in [5.74, 6) is 0.115. The molecule has 10 heteroatoms. The van der Waals surface area contributed by atoms with Crippen molar-refractivity contribution in [2.24, 2.45) is 7.05 Å².